The number of aliphatic hydroxyl groups excluding tert-OH is 1. The molecule has 72 valence electrons. The number of methoxy groups -OCH3 is 1. The largest absolute Gasteiger partial charge is 0.507 e. The summed E-state index contributed by atoms with van der Waals surface area (Å²) in [5.41, 5.74) is 0.0563. The minimum Gasteiger partial charge on any atom is -0.507 e. The highest BCUT2D eigenvalue weighted by Gasteiger charge is 2.25. The van der Waals surface area contributed by atoms with Crippen molar-refractivity contribution in [2.45, 2.75) is 13.3 Å². The Kier molecular flexibility index (Phi) is 2.60. The van der Waals surface area contributed by atoms with Crippen LogP contribution in [-0.4, -0.2) is 23.3 Å². The van der Waals surface area contributed by atoms with Crippen LogP contribution in [0.1, 0.15) is 13.3 Å². The van der Waals surface area contributed by atoms with E-state index < -0.39 is 5.97 Å². The first kappa shape index (κ1) is 9.64. The van der Waals surface area contributed by atoms with Crippen LogP contribution in [0.2, 0.25) is 0 Å². The summed E-state index contributed by atoms with van der Waals surface area (Å²) in [5, 5.41) is 18.1. The second-order valence-corrected chi connectivity index (χ2v) is 3.02. The molecule has 0 bridgehead atoms. The van der Waals surface area contributed by atoms with Gasteiger partial charge in [-0.05, 0) is 5.92 Å². The number of carbonyl (C=O) groups is 1. The Bertz CT molecular complexity index is 288. The van der Waals surface area contributed by atoms with Crippen LogP contribution in [0.15, 0.2) is 23.2 Å². The van der Waals surface area contributed by atoms with Crippen molar-refractivity contribution in [1.82, 2.24) is 0 Å². The van der Waals surface area contributed by atoms with Crippen LogP contribution in [0.25, 0.3) is 0 Å². The molecule has 0 fully saturated rings. The van der Waals surface area contributed by atoms with Gasteiger partial charge in [-0.1, -0.05) is 6.92 Å². The van der Waals surface area contributed by atoms with Crippen molar-refractivity contribution in [3.63, 3.8) is 0 Å². The summed E-state index contributed by atoms with van der Waals surface area (Å²) in [6.07, 6.45) is 1.87. The zero-order chi connectivity index (χ0) is 10.0. The molecule has 0 heterocycles. The first-order chi connectivity index (χ1) is 6.06. The number of hydrogen-bond donors (Lipinski definition) is 2. The molecule has 4 heteroatoms. The molecule has 1 atom stereocenters. The van der Waals surface area contributed by atoms with Gasteiger partial charge in [0, 0.05) is 12.5 Å². The van der Waals surface area contributed by atoms with Crippen LogP contribution in [0.5, 0.6) is 0 Å². The summed E-state index contributed by atoms with van der Waals surface area (Å²) in [4.78, 5) is 10.7. The van der Waals surface area contributed by atoms with Crippen molar-refractivity contribution in [1.29, 1.82) is 0 Å². The van der Waals surface area contributed by atoms with E-state index in [9.17, 15) is 9.90 Å². The molecule has 13 heavy (non-hydrogen) atoms. The number of hydrogen-bond acceptors (Lipinski definition) is 3. The molecule has 0 spiro atoms. The molecular weight excluding hydrogens is 172 g/mol. The van der Waals surface area contributed by atoms with E-state index in [1.54, 1.807) is 6.92 Å². The topological polar surface area (TPSA) is 66.8 Å². The third-order valence-corrected chi connectivity index (χ3v) is 2.07. The Labute approximate surface area is 76.1 Å². The van der Waals surface area contributed by atoms with Gasteiger partial charge in [0.05, 0.1) is 18.4 Å². The molecule has 2 N–H and O–H groups in total. The Balaban J connectivity index is 3.04. The Hall–Kier alpha value is -1.45. The Morgan fingerprint density at radius 1 is 1.69 bits per heavy atom. The van der Waals surface area contributed by atoms with Crippen molar-refractivity contribution >= 4 is 5.97 Å². The van der Waals surface area contributed by atoms with E-state index in [0.29, 0.717) is 12.2 Å². The third kappa shape index (κ3) is 1.83. The molecule has 0 aliphatic heterocycles. The van der Waals surface area contributed by atoms with Gasteiger partial charge in [0.1, 0.15) is 5.76 Å². The summed E-state index contributed by atoms with van der Waals surface area (Å²) in [5.74, 6) is -0.882. The van der Waals surface area contributed by atoms with Gasteiger partial charge in [-0.15, -0.1) is 0 Å². The molecule has 1 aliphatic rings. The summed E-state index contributed by atoms with van der Waals surface area (Å²) in [6.45, 7) is 1.74. The van der Waals surface area contributed by atoms with E-state index in [1.807, 2.05) is 0 Å². The first-order valence-electron chi connectivity index (χ1n) is 3.97. The van der Waals surface area contributed by atoms with Crippen molar-refractivity contribution in [3.05, 3.63) is 23.2 Å². The van der Waals surface area contributed by atoms with Gasteiger partial charge in [-0.2, -0.15) is 0 Å². The highest BCUT2D eigenvalue weighted by molar-refractivity contribution is 5.88. The second kappa shape index (κ2) is 3.51. The maximum Gasteiger partial charge on any atom is 0.335 e. The van der Waals surface area contributed by atoms with Gasteiger partial charge in [-0.3, -0.25) is 0 Å². The van der Waals surface area contributed by atoms with Crippen LogP contribution in [0.3, 0.4) is 0 Å². The van der Waals surface area contributed by atoms with Gasteiger partial charge in [0.25, 0.3) is 0 Å². The van der Waals surface area contributed by atoms with E-state index in [0.717, 1.165) is 0 Å². The fourth-order valence-electron chi connectivity index (χ4n) is 1.41. The molecule has 0 aromatic rings. The van der Waals surface area contributed by atoms with E-state index in [-0.39, 0.29) is 17.3 Å². The van der Waals surface area contributed by atoms with E-state index in [2.05, 4.69) is 0 Å². The van der Waals surface area contributed by atoms with Gasteiger partial charge in [0.15, 0.2) is 0 Å². The van der Waals surface area contributed by atoms with Gasteiger partial charge in [-0.25, -0.2) is 4.79 Å². The number of rotatable bonds is 2. The highest BCUT2D eigenvalue weighted by atomic mass is 16.5. The van der Waals surface area contributed by atoms with Crippen molar-refractivity contribution in [2.75, 3.05) is 7.11 Å². The van der Waals surface area contributed by atoms with E-state index >= 15 is 0 Å². The minimum absolute atomic E-state index is 0.0563. The molecular formula is C9H12O4. The standard InChI is InChI=1S/C9H12O4/c1-5-3-6(13-2)4-7(10)8(5)9(11)12/h4-5,10H,3H2,1-2H3,(H,11,12). The zero-order valence-corrected chi connectivity index (χ0v) is 7.57. The average molecular weight is 184 g/mol. The second-order valence-electron chi connectivity index (χ2n) is 3.02. The summed E-state index contributed by atoms with van der Waals surface area (Å²) in [6, 6.07) is 0. The zero-order valence-electron chi connectivity index (χ0n) is 7.57. The molecule has 0 amide bonds. The molecule has 0 aromatic heterocycles. The maximum absolute atomic E-state index is 10.7. The first-order valence-corrected chi connectivity index (χ1v) is 3.97. The van der Waals surface area contributed by atoms with Crippen LogP contribution < -0.4 is 0 Å². The lowest BCUT2D eigenvalue weighted by atomic mass is 9.91. The normalized spacial score (nSPS) is 22.6. The SMILES string of the molecule is COC1=CC(O)=C(C(=O)O)C(C)C1. The molecule has 0 saturated heterocycles. The van der Waals surface area contributed by atoms with Crippen LogP contribution >= 0.6 is 0 Å². The lowest BCUT2D eigenvalue weighted by molar-refractivity contribution is -0.133. The van der Waals surface area contributed by atoms with Gasteiger partial charge in [0.2, 0.25) is 0 Å². The van der Waals surface area contributed by atoms with E-state index in [1.165, 1.54) is 13.2 Å². The number of aliphatic carboxylic acids is 1. The molecule has 1 unspecified atom stereocenters. The number of aliphatic hydroxyl groups is 1. The molecule has 0 saturated carbocycles. The number of allylic oxidation sites excluding steroid dienone is 2. The summed E-state index contributed by atoms with van der Waals surface area (Å²) < 4.78 is 4.93. The third-order valence-electron chi connectivity index (χ3n) is 2.07. The quantitative estimate of drug-likeness (QED) is 0.681. The maximum atomic E-state index is 10.7. The summed E-state index contributed by atoms with van der Waals surface area (Å²) in [7, 11) is 1.50. The van der Waals surface area contributed by atoms with E-state index in [4.69, 9.17) is 9.84 Å². The van der Waals surface area contributed by atoms with Crippen molar-refractivity contribution in [2.24, 2.45) is 5.92 Å². The van der Waals surface area contributed by atoms with Gasteiger partial charge < -0.3 is 14.9 Å². The lowest BCUT2D eigenvalue weighted by Crippen LogP contribution is -2.17. The fraction of sp³-hybridized carbons (Fsp3) is 0.444. The molecule has 1 aliphatic carbocycles. The van der Waals surface area contributed by atoms with Crippen molar-refractivity contribution < 1.29 is 19.7 Å². The molecule has 0 radical (unpaired) electrons. The monoisotopic (exact) mass is 184 g/mol. The lowest BCUT2D eigenvalue weighted by Gasteiger charge is -2.19. The Morgan fingerprint density at radius 3 is 2.69 bits per heavy atom. The van der Waals surface area contributed by atoms with Crippen LogP contribution in [0, 0.1) is 5.92 Å². The predicted molar refractivity (Wildman–Crippen MR) is 46.2 cm³/mol. The minimum atomic E-state index is -1.07. The number of carboxylic acids is 1. The number of carboxylic acid groups (broad SMARTS) is 1. The number of ether oxygens (including phenoxy) is 1. The molecule has 1 rings (SSSR count). The summed E-state index contributed by atoms with van der Waals surface area (Å²) >= 11 is 0. The highest BCUT2D eigenvalue weighted by Crippen LogP contribution is 2.28. The van der Waals surface area contributed by atoms with Crippen LogP contribution in [-0.2, 0) is 9.53 Å². The van der Waals surface area contributed by atoms with Gasteiger partial charge >= 0.3 is 5.97 Å². The van der Waals surface area contributed by atoms with Crippen LogP contribution in [0.4, 0.5) is 0 Å². The average Bonchev–Trinajstić information content (AvgIpc) is 2.02. The van der Waals surface area contributed by atoms with Crippen molar-refractivity contribution in [3.8, 4) is 0 Å². The smallest absolute Gasteiger partial charge is 0.335 e. The predicted octanol–water partition coefficient (Wildman–Crippen LogP) is 1.45. The Morgan fingerprint density at radius 2 is 2.31 bits per heavy atom. The molecule has 4 nitrogen and oxygen atoms in total. The molecule has 0 aromatic carbocycles. The fourth-order valence-corrected chi connectivity index (χ4v) is 1.41.